The van der Waals surface area contributed by atoms with E-state index in [0.717, 1.165) is 0 Å². The Morgan fingerprint density at radius 1 is 1.82 bits per heavy atom. The maximum absolute atomic E-state index is 12.2. The molecular formula is C7H12FNO2. The van der Waals surface area contributed by atoms with Gasteiger partial charge in [-0.05, 0) is 13.8 Å². The number of halogens is 1. The Morgan fingerprint density at radius 2 is 2.45 bits per heavy atom. The number of carbonyl (C=O) groups excluding carboxylic acids is 1. The minimum Gasteiger partial charge on any atom is -0.363 e. The SMILES string of the molecule is CC1(C)NC(=O)COC1CF. The van der Waals surface area contributed by atoms with Gasteiger partial charge in [0.25, 0.3) is 0 Å². The Balaban J connectivity index is 2.63. The first-order valence-electron chi connectivity index (χ1n) is 3.55. The van der Waals surface area contributed by atoms with Crippen molar-refractivity contribution in [3.05, 3.63) is 0 Å². The molecule has 1 amide bonds. The van der Waals surface area contributed by atoms with Gasteiger partial charge >= 0.3 is 0 Å². The van der Waals surface area contributed by atoms with Crippen LogP contribution in [-0.4, -0.2) is 30.8 Å². The van der Waals surface area contributed by atoms with E-state index < -0.39 is 18.3 Å². The van der Waals surface area contributed by atoms with Gasteiger partial charge in [-0.1, -0.05) is 0 Å². The van der Waals surface area contributed by atoms with Crippen molar-refractivity contribution >= 4 is 5.91 Å². The Kier molecular flexibility index (Phi) is 2.13. The van der Waals surface area contributed by atoms with E-state index >= 15 is 0 Å². The highest BCUT2D eigenvalue weighted by atomic mass is 19.1. The van der Waals surface area contributed by atoms with Crippen molar-refractivity contribution in [2.24, 2.45) is 0 Å². The smallest absolute Gasteiger partial charge is 0.246 e. The summed E-state index contributed by atoms with van der Waals surface area (Å²) in [6, 6.07) is 0. The average molecular weight is 161 g/mol. The van der Waals surface area contributed by atoms with E-state index in [0.29, 0.717) is 0 Å². The third-order valence-electron chi connectivity index (χ3n) is 1.82. The lowest BCUT2D eigenvalue weighted by Gasteiger charge is -2.37. The predicted octanol–water partition coefficient (Wildman–Crippen LogP) is 0.249. The van der Waals surface area contributed by atoms with Gasteiger partial charge in [0.2, 0.25) is 5.91 Å². The molecule has 4 heteroatoms. The number of hydrogen-bond acceptors (Lipinski definition) is 2. The monoisotopic (exact) mass is 161 g/mol. The summed E-state index contributed by atoms with van der Waals surface area (Å²) >= 11 is 0. The van der Waals surface area contributed by atoms with Gasteiger partial charge in [-0.25, -0.2) is 4.39 Å². The second-order valence-corrected chi connectivity index (χ2v) is 3.22. The molecule has 1 saturated heterocycles. The third-order valence-corrected chi connectivity index (χ3v) is 1.82. The largest absolute Gasteiger partial charge is 0.363 e. The second kappa shape index (κ2) is 2.77. The van der Waals surface area contributed by atoms with Crippen molar-refractivity contribution in [2.45, 2.75) is 25.5 Å². The van der Waals surface area contributed by atoms with Gasteiger partial charge in [0.1, 0.15) is 19.4 Å². The van der Waals surface area contributed by atoms with Gasteiger partial charge in [-0.2, -0.15) is 0 Å². The number of rotatable bonds is 1. The van der Waals surface area contributed by atoms with Gasteiger partial charge in [0.15, 0.2) is 0 Å². The van der Waals surface area contributed by atoms with E-state index in [4.69, 9.17) is 4.74 Å². The molecular weight excluding hydrogens is 149 g/mol. The summed E-state index contributed by atoms with van der Waals surface area (Å²) < 4.78 is 17.2. The first-order chi connectivity index (χ1) is 5.06. The molecule has 0 aromatic heterocycles. The number of alkyl halides is 1. The van der Waals surface area contributed by atoms with Crippen molar-refractivity contribution < 1.29 is 13.9 Å². The molecule has 0 aromatic carbocycles. The normalized spacial score (nSPS) is 29.7. The highest BCUT2D eigenvalue weighted by molar-refractivity contribution is 5.78. The van der Waals surface area contributed by atoms with E-state index in [2.05, 4.69) is 5.32 Å². The molecule has 1 atom stereocenters. The van der Waals surface area contributed by atoms with Crippen LogP contribution in [0.25, 0.3) is 0 Å². The van der Waals surface area contributed by atoms with Crippen LogP contribution < -0.4 is 5.32 Å². The van der Waals surface area contributed by atoms with Crippen molar-refractivity contribution in [3.63, 3.8) is 0 Å². The van der Waals surface area contributed by atoms with Crippen molar-refractivity contribution in [1.29, 1.82) is 0 Å². The van der Waals surface area contributed by atoms with Crippen LogP contribution in [0.15, 0.2) is 0 Å². The fraction of sp³-hybridized carbons (Fsp3) is 0.857. The van der Waals surface area contributed by atoms with Crippen molar-refractivity contribution in [3.8, 4) is 0 Å². The highest BCUT2D eigenvalue weighted by Gasteiger charge is 2.36. The van der Waals surface area contributed by atoms with Crippen LogP contribution in [0, 0.1) is 0 Å². The Morgan fingerprint density at radius 3 is 2.91 bits per heavy atom. The predicted molar refractivity (Wildman–Crippen MR) is 37.9 cm³/mol. The van der Waals surface area contributed by atoms with Gasteiger partial charge < -0.3 is 10.1 Å². The molecule has 1 aliphatic rings. The van der Waals surface area contributed by atoms with Crippen LogP contribution in [0.1, 0.15) is 13.8 Å². The summed E-state index contributed by atoms with van der Waals surface area (Å²) in [6.07, 6.45) is -0.514. The number of amides is 1. The Bertz CT molecular complexity index is 170. The maximum Gasteiger partial charge on any atom is 0.246 e. The van der Waals surface area contributed by atoms with Gasteiger partial charge in [-0.15, -0.1) is 0 Å². The molecule has 64 valence electrons. The number of morpholine rings is 1. The molecule has 0 saturated carbocycles. The molecule has 1 fully saturated rings. The van der Waals surface area contributed by atoms with Crippen LogP contribution in [0.4, 0.5) is 4.39 Å². The van der Waals surface area contributed by atoms with E-state index in [1.807, 2.05) is 0 Å². The van der Waals surface area contributed by atoms with Crippen LogP contribution >= 0.6 is 0 Å². The summed E-state index contributed by atoms with van der Waals surface area (Å²) in [5.41, 5.74) is -0.579. The second-order valence-electron chi connectivity index (χ2n) is 3.22. The summed E-state index contributed by atoms with van der Waals surface area (Å²) in [5, 5.41) is 2.65. The molecule has 11 heavy (non-hydrogen) atoms. The van der Waals surface area contributed by atoms with Crippen LogP contribution in [-0.2, 0) is 9.53 Å². The topological polar surface area (TPSA) is 38.3 Å². The zero-order chi connectivity index (χ0) is 8.48. The zero-order valence-corrected chi connectivity index (χ0v) is 6.69. The third kappa shape index (κ3) is 1.68. The van der Waals surface area contributed by atoms with Crippen LogP contribution in [0.5, 0.6) is 0 Å². The number of carbonyl (C=O) groups is 1. The number of hydrogen-bond donors (Lipinski definition) is 1. The summed E-state index contributed by atoms with van der Waals surface area (Å²) in [7, 11) is 0. The molecule has 1 aliphatic heterocycles. The molecule has 1 rings (SSSR count). The minimum atomic E-state index is -0.579. The van der Waals surface area contributed by atoms with E-state index in [1.54, 1.807) is 13.8 Å². The molecule has 1 N–H and O–H groups in total. The van der Waals surface area contributed by atoms with Crippen molar-refractivity contribution in [1.82, 2.24) is 5.32 Å². The van der Waals surface area contributed by atoms with Gasteiger partial charge in [0, 0.05) is 0 Å². The maximum atomic E-state index is 12.2. The fourth-order valence-electron chi connectivity index (χ4n) is 1.10. The van der Waals surface area contributed by atoms with E-state index in [9.17, 15) is 9.18 Å². The number of ether oxygens (including phenoxy) is 1. The molecule has 0 aromatic rings. The molecule has 0 bridgehead atoms. The Labute approximate surface area is 64.9 Å². The first kappa shape index (κ1) is 8.46. The molecule has 3 nitrogen and oxygen atoms in total. The minimum absolute atomic E-state index is 0.0297. The molecule has 0 radical (unpaired) electrons. The summed E-state index contributed by atoms with van der Waals surface area (Å²) in [5.74, 6) is -0.181. The highest BCUT2D eigenvalue weighted by Crippen LogP contribution is 2.16. The van der Waals surface area contributed by atoms with E-state index in [-0.39, 0.29) is 12.5 Å². The fourth-order valence-corrected chi connectivity index (χ4v) is 1.10. The zero-order valence-electron chi connectivity index (χ0n) is 6.69. The standard InChI is InChI=1S/C7H12FNO2/c1-7(2)5(3-8)11-4-6(10)9-7/h5H,3-4H2,1-2H3,(H,9,10). The molecule has 1 heterocycles. The molecule has 0 aliphatic carbocycles. The number of nitrogens with one attached hydrogen (secondary N) is 1. The van der Waals surface area contributed by atoms with Gasteiger partial charge in [0.05, 0.1) is 5.54 Å². The summed E-state index contributed by atoms with van der Waals surface area (Å²) in [6.45, 7) is 2.90. The summed E-state index contributed by atoms with van der Waals surface area (Å²) in [4.78, 5) is 10.8. The van der Waals surface area contributed by atoms with Gasteiger partial charge in [-0.3, -0.25) is 4.79 Å². The lowest BCUT2D eigenvalue weighted by Crippen LogP contribution is -2.59. The lowest BCUT2D eigenvalue weighted by molar-refractivity contribution is -0.142. The van der Waals surface area contributed by atoms with Crippen molar-refractivity contribution in [2.75, 3.05) is 13.3 Å². The lowest BCUT2D eigenvalue weighted by atomic mass is 9.96. The first-order valence-corrected chi connectivity index (χ1v) is 3.55. The average Bonchev–Trinajstić information content (AvgIpc) is 1.85. The van der Waals surface area contributed by atoms with Crippen LogP contribution in [0.2, 0.25) is 0 Å². The van der Waals surface area contributed by atoms with E-state index in [1.165, 1.54) is 0 Å². The quantitative estimate of drug-likeness (QED) is 0.598. The Hall–Kier alpha value is -0.640. The molecule has 1 unspecified atom stereocenters. The van der Waals surface area contributed by atoms with Crippen LogP contribution in [0.3, 0.4) is 0 Å². The molecule has 0 spiro atoms.